The molecule has 0 fully saturated rings. The van der Waals surface area contributed by atoms with Crippen molar-refractivity contribution in [3.63, 3.8) is 0 Å². The van der Waals surface area contributed by atoms with E-state index in [9.17, 15) is 0 Å². The number of hydrogen-bond donors (Lipinski definition) is 0. The molecule has 0 saturated heterocycles. The predicted molar refractivity (Wildman–Crippen MR) is 265 cm³/mol. The zero-order valence-electron chi connectivity index (χ0n) is 34.8. The lowest BCUT2D eigenvalue weighted by molar-refractivity contribution is 0.660. The van der Waals surface area contributed by atoms with Gasteiger partial charge in [-0.2, -0.15) is 0 Å². The van der Waals surface area contributed by atoms with Crippen molar-refractivity contribution in [2.75, 3.05) is 4.90 Å². The number of para-hydroxylation sites is 1. The second kappa shape index (κ2) is 14.2. The van der Waals surface area contributed by atoms with Gasteiger partial charge in [-0.1, -0.05) is 208 Å². The van der Waals surface area contributed by atoms with Gasteiger partial charge in [0.15, 0.2) is 0 Å². The van der Waals surface area contributed by atoms with Crippen molar-refractivity contribution in [3.8, 4) is 44.5 Å². The second-order valence-corrected chi connectivity index (χ2v) is 17.2. The SMILES string of the molecule is CC1(C)c2ccccc2-c2cc(N(c3cccc(-c4cccc5cccc(-c6cccc7ccccc67)c45)c3)c3ccccc3-c3cccc4ccc5ccccc5c34)ccc21. The van der Waals surface area contributed by atoms with Crippen molar-refractivity contribution in [1.82, 2.24) is 0 Å². The third-order valence-corrected chi connectivity index (χ3v) is 13.4. The predicted octanol–water partition coefficient (Wildman–Crippen LogP) is 17.1. The van der Waals surface area contributed by atoms with Crippen LogP contribution >= 0.6 is 0 Å². The number of anilines is 3. The van der Waals surface area contributed by atoms with Crippen molar-refractivity contribution in [2.45, 2.75) is 19.3 Å². The Labute approximate surface area is 362 Å². The molecule has 0 aromatic heterocycles. The molecule has 1 aliphatic rings. The Hall–Kier alpha value is -7.74. The number of nitrogens with zero attached hydrogens (tertiary/aromatic N) is 1. The Bertz CT molecular complexity index is 3560. The van der Waals surface area contributed by atoms with E-state index in [0.29, 0.717) is 0 Å². The molecule has 11 aromatic carbocycles. The average Bonchev–Trinajstić information content (AvgIpc) is 3.56. The summed E-state index contributed by atoms with van der Waals surface area (Å²) >= 11 is 0. The Morgan fingerprint density at radius 2 is 0.823 bits per heavy atom. The van der Waals surface area contributed by atoms with E-state index in [1.165, 1.54) is 98.7 Å². The molecule has 1 aliphatic carbocycles. The van der Waals surface area contributed by atoms with Gasteiger partial charge in [-0.05, 0) is 123 Å². The number of hydrogen-bond acceptors (Lipinski definition) is 1. The van der Waals surface area contributed by atoms with Gasteiger partial charge in [0.25, 0.3) is 0 Å². The standard InChI is InChI=1S/C61H43N/c1-61(2)56-32-9-7-26-51(56)55-39-46(36-37-57(55)61)62(58-33-10-8-27-52(58)54-31-15-21-43-35-34-41-17-4-6-25-48(41)60(43)54)45-23-11-22-44(38-45)49-28-13-19-42-20-14-30-53(59(42)49)50-29-12-18-40-16-3-5-24-47(40)50/h3-39H,1-2H3. The van der Waals surface area contributed by atoms with Gasteiger partial charge < -0.3 is 4.90 Å². The highest BCUT2D eigenvalue weighted by molar-refractivity contribution is 6.16. The van der Waals surface area contributed by atoms with Crippen LogP contribution in [0.4, 0.5) is 17.1 Å². The summed E-state index contributed by atoms with van der Waals surface area (Å²) < 4.78 is 0. The van der Waals surface area contributed by atoms with Crippen molar-refractivity contribution in [3.05, 3.63) is 236 Å². The van der Waals surface area contributed by atoms with Gasteiger partial charge in [0.2, 0.25) is 0 Å². The third kappa shape index (κ3) is 5.62. The first-order valence-electron chi connectivity index (χ1n) is 21.7. The molecule has 0 amide bonds. The van der Waals surface area contributed by atoms with E-state index in [0.717, 1.165) is 17.1 Å². The van der Waals surface area contributed by atoms with E-state index in [-0.39, 0.29) is 5.41 Å². The van der Waals surface area contributed by atoms with Crippen LogP contribution in [0.25, 0.3) is 87.6 Å². The maximum atomic E-state index is 2.49. The molecule has 0 atom stereocenters. The van der Waals surface area contributed by atoms with Crippen LogP contribution in [0.5, 0.6) is 0 Å². The van der Waals surface area contributed by atoms with Crippen LogP contribution in [0, 0.1) is 0 Å². The highest BCUT2D eigenvalue weighted by Gasteiger charge is 2.35. The van der Waals surface area contributed by atoms with Crippen LogP contribution in [-0.2, 0) is 5.41 Å². The van der Waals surface area contributed by atoms with Gasteiger partial charge in [-0.15, -0.1) is 0 Å². The summed E-state index contributed by atoms with van der Waals surface area (Å²) in [6.45, 7) is 4.71. The summed E-state index contributed by atoms with van der Waals surface area (Å²) in [5.41, 5.74) is 15.9. The van der Waals surface area contributed by atoms with Gasteiger partial charge in [0.1, 0.15) is 0 Å². The summed E-state index contributed by atoms with van der Waals surface area (Å²) in [6, 6.07) is 83.1. The molecule has 0 unspecified atom stereocenters. The monoisotopic (exact) mass is 789 g/mol. The summed E-state index contributed by atoms with van der Waals surface area (Å²) in [5.74, 6) is 0. The van der Waals surface area contributed by atoms with E-state index in [1.54, 1.807) is 0 Å². The Morgan fingerprint density at radius 1 is 0.306 bits per heavy atom. The van der Waals surface area contributed by atoms with Crippen molar-refractivity contribution in [2.24, 2.45) is 0 Å². The van der Waals surface area contributed by atoms with E-state index < -0.39 is 0 Å². The highest BCUT2D eigenvalue weighted by atomic mass is 15.1. The van der Waals surface area contributed by atoms with Crippen molar-refractivity contribution in [1.29, 1.82) is 0 Å². The molecule has 0 heterocycles. The van der Waals surface area contributed by atoms with Crippen LogP contribution in [0.15, 0.2) is 224 Å². The van der Waals surface area contributed by atoms with Crippen LogP contribution < -0.4 is 4.90 Å². The molecule has 0 N–H and O–H groups in total. The topological polar surface area (TPSA) is 3.24 Å². The van der Waals surface area contributed by atoms with Crippen LogP contribution in [0.3, 0.4) is 0 Å². The van der Waals surface area contributed by atoms with Gasteiger partial charge >= 0.3 is 0 Å². The number of rotatable bonds is 6. The lowest BCUT2D eigenvalue weighted by atomic mass is 9.82. The quantitative estimate of drug-likeness (QED) is 0.152. The Morgan fingerprint density at radius 3 is 1.63 bits per heavy atom. The number of fused-ring (bicyclic) bond motifs is 8. The smallest absolute Gasteiger partial charge is 0.0540 e. The lowest BCUT2D eigenvalue weighted by Gasteiger charge is -2.30. The lowest BCUT2D eigenvalue weighted by Crippen LogP contribution is -2.15. The van der Waals surface area contributed by atoms with Crippen LogP contribution in [0.1, 0.15) is 25.0 Å². The average molecular weight is 790 g/mol. The first-order chi connectivity index (χ1) is 30.5. The maximum Gasteiger partial charge on any atom is 0.0540 e. The largest absolute Gasteiger partial charge is 0.310 e. The van der Waals surface area contributed by atoms with E-state index in [4.69, 9.17) is 0 Å². The molecule has 0 spiro atoms. The van der Waals surface area contributed by atoms with Crippen LogP contribution in [-0.4, -0.2) is 0 Å². The minimum atomic E-state index is -0.0900. The fourth-order valence-corrected chi connectivity index (χ4v) is 10.5. The molecule has 1 nitrogen and oxygen atoms in total. The minimum Gasteiger partial charge on any atom is -0.310 e. The zero-order chi connectivity index (χ0) is 41.4. The molecule has 12 rings (SSSR count). The van der Waals surface area contributed by atoms with Crippen LogP contribution in [0.2, 0.25) is 0 Å². The molecule has 1 heteroatoms. The third-order valence-electron chi connectivity index (χ3n) is 13.4. The highest BCUT2D eigenvalue weighted by Crippen LogP contribution is 2.52. The molecular formula is C61H43N. The fourth-order valence-electron chi connectivity index (χ4n) is 10.5. The molecule has 0 saturated carbocycles. The molecular weight excluding hydrogens is 747 g/mol. The summed E-state index contributed by atoms with van der Waals surface area (Å²) in [7, 11) is 0. The Kier molecular flexibility index (Phi) is 8.27. The molecule has 0 aliphatic heterocycles. The molecule has 0 radical (unpaired) electrons. The number of benzene rings is 11. The molecule has 62 heavy (non-hydrogen) atoms. The maximum absolute atomic E-state index is 2.49. The summed E-state index contributed by atoms with van der Waals surface area (Å²) in [5, 5.41) is 10.0. The van der Waals surface area contributed by atoms with Gasteiger partial charge in [0.05, 0.1) is 5.69 Å². The fraction of sp³-hybridized carbons (Fsp3) is 0.0492. The first kappa shape index (κ1) is 36.1. The van der Waals surface area contributed by atoms with E-state index >= 15 is 0 Å². The molecule has 292 valence electrons. The minimum absolute atomic E-state index is 0.0900. The molecule has 0 bridgehead atoms. The van der Waals surface area contributed by atoms with Crippen molar-refractivity contribution >= 4 is 60.2 Å². The summed E-state index contributed by atoms with van der Waals surface area (Å²) in [6.07, 6.45) is 0. The van der Waals surface area contributed by atoms with Gasteiger partial charge in [-0.3, -0.25) is 0 Å². The first-order valence-corrected chi connectivity index (χ1v) is 21.7. The normalized spacial score (nSPS) is 12.8. The zero-order valence-corrected chi connectivity index (χ0v) is 34.8. The molecule has 11 aromatic rings. The van der Waals surface area contributed by atoms with Gasteiger partial charge in [-0.25, -0.2) is 0 Å². The van der Waals surface area contributed by atoms with E-state index in [2.05, 4.69) is 243 Å². The second-order valence-electron chi connectivity index (χ2n) is 17.2. The Balaban J connectivity index is 1.11. The van der Waals surface area contributed by atoms with E-state index in [1.807, 2.05) is 0 Å². The summed E-state index contributed by atoms with van der Waals surface area (Å²) in [4.78, 5) is 2.49. The van der Waals surface area contributed by atoms with Crippen molar-refractivity contribution < 1.29 is 0 Å². The van der Waals surface area contributed by atoms with Gasteiger partial charge in [0, 0.05) is 22.4 Å².